The number of para-hydroxylation sites is 1. The third-order valence-electron chi connectivity index (χ3n) is 4.99. The van der Waals surface area contributed by atoms with Crippen LogP contribution in [0.2, 0.25) is 5.02 Å². The van der Waals surface area contributed by atoms with Gasteiger partial charge in [0.05, 0.1) is 16.5 Å². The van der Waals surface area contributed by atoms with Crippen LogP contribution in [0.15, 0.2) is 59.8 Å². The van der Waals surface area contributed by atoms with Gasteiger partial charge in [-0.15, -0.1) is 21.5 Å². The van der Waals surface area contributed by atoms with Crippen LogP contribution in [0, 0.1) is 6.92 Å². The largest absolute Gasteiger partial charge is 0.481 e. The van der Waals surface area contributed by atoms with E-state index in [1.807, 2.05) is 73.9 Å². The fraction of sp³-hybridized carbons (Fsp3) is 0.250. The van der Waals surface area contributed by atoms with E-state index in [2.05, 4.69) is 20.5 Å². The number of aryl methyl sites for hydroxylation is 1. The molecule has 0 unspecified atom stereocenters. The van der Waals surface area contributed by atoms with E-state index in [-0.39, 0.29) is 17.8 Å². The molecule has 0 aliphatic heterocycles. The van der Waals surface area contributed by atoms with Gasteiger partial charge in [-0.1, -0.05) is 65.8 Å². The van der Waals surface area contributed by atoms with Crippen LogP contribution in [0.3, 0.4) is 0 Å². The lowest BCUT2D eigenvalue weighted by atomic mass is 10.1. The predicted molar refractivity (Wildman–Crippen MR) is 138 cm³/mol. The Hall–Kier alpha value is -2.88. The summed E-state index contributed by atoms with van der Waals surface area (Å²) >= 11 is 9.00. The molecule has 2 aromatic heterocycles. The third-order valence-corrected chi connectivity index (χ3v) is 7.15. The quantitative estimate of drug-likeness (QED) is 0.266. The van der Waals surface area contributed by atoms with E-state index in [4.69, 9.17) is 16.3 Å². The number of carbonyl (C=O) groups excluding carboxylic acids is 1. The van der Waals surface area contributed by atoms with Crippen molar-refractivity contribution in [3.05, 3.63) is 70.3 Å². The zero-order valence-corrected chi connectivity index (χ0v) is 21.4. The van der Waals surface area contributed by atoms with E-state index in [0.29, 0.717) is 33.4 Å². The molecule has 10 heteroatoms. The van der Waals surface area contributed by atoms with Gasteiger partial charge in [0.1, 0.15) is 5.75 Å². The van der Waals surface area contributed by atoms with Gasteiger partial charge in [-0.25, -0.2) is 4.98 Å². The second-order valence-corrected chi connectivity index (χ2v) is 9.96. The summed E-state index contributed by atoms with van der Waals surface area (Å²) in [5.41, 5.74) is 1.92. The number of thioether (sulfide) groups is 1. The monoisotopic (exact) mass is 513 g/mol. The number of nitrogens with zero attached hydrogens (tertiary/aromatic N) is 4. The standard InChI is InChI=1S/C24H24ClN5O2S2/c1-4-30-22(15(2)32-19-13-9-8-12-18(19)25)28-29-24(30)33-14-20(31)26-23-27-21(16(3)34-23)17-10-6-5-7-11-17/h5-13,15H,4,14H2,1-3H3,(H,26,27,31)/t15-/m0/s1. The zero-order chi connectivity index (χ0) is 24.1. The highest BCUT2D eigenvalue weighted by Gasteiger charge is 2.20. The molecule has 4 aromatic rings. The minimum absolute atomic E-state index is 0.147. The predicted octanol–water partition coefficient (Wildman–Crippen LogP) is 6.25. The number of hydrogen-bond acceptors (Lipinski definition) is 7. The molecule has 0 radical (unpaired) electrons. The van der Waals surface area contributed by atoms with Crippen LogP contribution in [-0.2, 0) is 11.3 Å². The summed E-state index contributed by atoms with van der Waals surface area (Å²) in [7, 11) is 0. The fourth-order valence-electron chi connectivity index (χ4n) is 3.39. The van der Waals surface area contributed by atoms with Crippen LogP contribution in [0.1, 0.15) is 30.7 Å². The van der Waals surface area contributed by atoms with Gasteiger partial charge in [0.15, 0.2) is 22.2 Å². The van der Waals surface area contributed by atoms with E-state index >= 15 is 0 Å². The van der Waals surface area contributed by atoms with Crippen molar-refractivity contribution in [3.63, 3.8) is 0 Å². The number of halogens is 1. The molecule has 34 heavy (non-hydrogen) atoms. The van der Waals surface area contributed by atoms with Crippen LogP contribution in [0.4, 0.5) is 5.13 Å². The Kier molecular flexibility index (Phi) is 7.87. The van der Waals surface area contributed by atoms with Crippen molar-refractivity contribution in [1.29, 1.82) is 0 Å². The molecule has 0 spiro atoms. The first-order valence-electron chi connectivity index (χ1n) is 10.8. The van der Waals surface area contributed by atoms with E-state index in [9.17, 15) is 4.79 Å². The van der Waals surface area contributed by atoms with E-state index in [0.717, 1.165) is 16.1 Å². The lowest BCUT2D eigenvalue weighted by molar-refractivity contribution is -0.113. The molecular weight excluding hydrogens is 490 g/mol. The van der Waals surface area contributed by atoms with Gasteiger partial charge in [-0.05, 0) is 32.9 Å². The van der Waals surface area contributed by atoms with Gasteiger partial charge in [-0.3, -0.25) is 4.79 Å². The highest BCUT2D eigenvalue weighted by Crippen LogP contribution is 2.31. The van der Waals surface area contributed by atoms with E-state index in [1.165, 1.54) is 23.1 Å². The molecule has 2 heterocycles. The second kappa shape index (κ2) is 11.0. The highest BCUT2D eigenvalue weighted by molar-refractivity contribution is 7.99. The maximum atomic E-state index is 12.6. The molecule has 0 aliphatic rings. The van der Waals surface area contributed by atoms with Gasteiger partial charge >= 0.3 is 0 Å². The number of aromatic nitrogens is 4. The molecule has 176 valence electrons. The van der Waals surface area contributed by atoms with Gasteiger partial charge in [0.25, 0.3) is 0 Å². The Bertz CT molecular complexity index is 1280. The van der Waals surface area contributed by atoms with Gasteiger partial charge in [0.2, 0.25) is 5.91 Å². The first kappa shape index (κ1) is 24.3. The third kappa shape index (κ3) is 5.60. The Morgan fingerprint density at radius 3 is 2.65 bits per heavy atom. The van der Waals surface area contributed by atoms with Crippen LogP contribution < -0.4 is 10.1 Å². The fourth-order valence-corrected chi connectivity index (χ4v) is 5.23. The van der Waals surface area contributed by atoms with Crippen molar-refractivity contribution < 1.29 is 9.53 Å². The SMILES string of the molecule is CCn1c(SCC(=O)Nc2nc(-c3ccccc3)c(C)s2)nnc1[C@H](C)Oc1ccccc1Cl. The van der Waals surface area contributed by atoms with Gasteiger partial charge in [-0.2, -0.15) is 0 Å². The highest BCUT2D eigenvalue weighted by atomic mass is 35.5. The Balaban J connectivity index is 1.39. The summed E-state index contributed by atoms with van der Waals surface area (Å²) in [5, 5.41) is 13.3. The molecule has 0 bridgehead atoms. The van der Waals surface area contributed by atoms with E-state index < -0.39 is 0 Å². The number of thiazole rings is 1. The van der Waals surface area contributed by atoms with E-state index in [1.54, 1.807) is 6.07 Å². The maximum absolute atomic E-state index is 12.6. The summed E-state index contributed by atoms with van der Waals surface area (Å²) in [5.74, 6) is 1.31. The summed E-state index contributed by atoms with van der Waals surface area (Å²) in [6.07, 6.45) is -0.356. The normalized spacial score (nSPS) is 11.9. The van der Waals surface area contributed by atoms with Crippen molar-refractivity contribution in [2.45, 2.75) is 38.6 Å². The maximum Gasteiger partial charge on any atom is 0.236 e. The average molecular weight is 514 g/mol. The molecule has 1 N–H and O–H groups in total. The number of hydrogen-bond donors (Lipinski definition) is 1. The first-order chi connectivity index (χ1) is 16.5. The molecule has 2 aromatic carbocycles. The number of benzene rings is 2. The molecular formula is C24H24ClN5O2S2. The number of ether oxygens (including phenoxy) is 1. The smallest absolute Gasteiger partial charge is 0.236 e. The van der Waals surface area contributed by atoms with Crippen molar-refractivity contribution in [2.24, 2.45) is 0 Å². The zero-order valence-electron chi connectivity index (χ0n) is 19.0. The molecule has 1 atom stereocenters. The summed E-state index contributed by atoms with van der Waals surface area (Å²) in [6, 6.07) is 17.2. The van der Waals surface area contributed by atoms with Crippen molar-refractivity contribution >= 4 is 45.7 Å². The van der Waals surface area contributed by atoms with Crippen LogP contribution in [-0.4, -0.2) is 31.4 Å². The summed E-state index contributed by atoms with van der Waals surface area (Å²) < 4.78 is 7.94. The average Bonchev–Trinajstić information content (AvgIpc) is 3.42. The molecule has 0 aliphatic carbocycles. The molecule has 0 fully saturated rings. The van der Waals surface area contributed by atoms with Crippen LogP contribution in [0.5, 0.6) is 5.75 Å². The van der Waals surface area contributed by atoms with Gasteiger partial charge < -0.3 is 14.6 Å². The Morgan fingerprint density at radius 2 is 1.91 bits per heavy atom. The van der Waals surface area contributed by atoms with Crippen LogP contribution >= 0.6 is 34.7 Å². The number of carbonyl (C=O) groups is 1. The molecule has 1 amide bonds. The van der Waals surface area contributed by atoms with Crippen LogP contribution in [0.25, 0.3) is 11.3 Å². The minimum atomic E-state index is -0.356. The second-order valence-electron chi connectivity index (χ2n) is 7.40. The summed E-state index contributed by atoms with van der Waals surface area (Å²) in [4.78, 5) is 18.3. The minimum Gasteiger partial charge on any atom is -0.481 e. The summed E-state index contributed by atoms with van der Waals surface area (Å²) in [6.45, 7) is 6.55. The number of nitrogens with one attached hydrogen (secondary N) is 1. The van der Waals surface area contributed by atoms with Crippen molar-refractivity contribution in [1.82, 2.24) is 19.7 Å². The topological polar surface area (TPSA) is 81.9 Å². The lowest BCUT2D eigenvalue weighted by Gasteiger charge is -2.16. The number of rotatable bonds is 9. The molecule has 4 rings (SSSR count). The number of anilines is 1. The Labute approximate surface area is 211 Å². The molecule has 0 saturated heterocycles. The Morgan fingerprint density at radius 1 is 1.18 bits per heavy atom. The molecule has 7 nitrogen and oxygen atoms in total. The van der Waals surface area contributed by atoms with Crippen molar-refractivity contribution in [2.75, 3.05) is 11.1 Å². The molecule has 0 saturated carbocycles. The number of amides is 1. The lowest BCUT2D eigenvalue weighted by Crippen LogP contribution is -2.15. The van der Waals surface area contributed by atoms with Crippen molar-refractivity contribution in [3.8, 4) is 17.0 Å². The van der Waals surface area contributed by atoms with Gasteiger partial charge in [0, 0.05) is 17.0 Å². The first-order valence-corrected chi connectivity index (χ1v) is 12.9.